The van der Waals surface area contributed by atoms with E-state index in [1.54, 1.807) is 12.3 Å². The lowest BCUT2D eigenvalue weighted by Gasteiger charge is -2.60. The van der Waals surface area contributed by atoms with Gasteiger partial charge in [0.15, 0.2) is 5.78 Å². The Morgan fingerprint density at radius 2 is 1.97 bits per heavy atom. The number of nitrogens with zero attached hydrogens (tertiary/aromatic N) is 1. The zero-order chi connectivity index (χ0) is 23.6. The van der Waals surface area contributed by atoms with Crippen molar-refractivity contribution in [3.63, 3.8) is 0 Å². The van der Waals surface area contributed by atoms with Gasteiger partial charge >= 0.3 is 0 Å². The number of aromatic nitrogens is 1. The van der Waals surface area contributed by atoms with Crippen LogP contribution in [-0.4, -0.2) is 49.9 Å². The van der Waals surface area contributed by atoms with Crippen LogP contribution in [0.25, 0.3) is 0 Å². The van der Waals surface area contributed by atoms with Gasteiger partial charge in [-0.05, 0) is 86.0 Å². The molecule has 0 radical (unpaired) electrons. The van der Waals surface area contributed by atoms with Crippen LogP contribution in [0.15, 0.2) is 36.2 Å². The Labute approximate surface area is 196 Å². The highest BCUT2D eigenvalue weighted by atomic mass is 16.3. The molecule has 5 rings (SSSR count). The summed E-state index contributed by atoms with van der Waals surface area (Å²) in [5.41, 5.74) is 0.302. The normalized spacial score (nSPS) is 45.6. The van der Waals surface area contributed by atoms with Crippen molar-refractivity contribution in [2.75, 3.05) is 0 Å². The lowest BCUT2D eigenvalue weighted by Crippen LogP contribution is -2.61. The molecule has 33 heavy (non-hydrogen) atoms. The van der Waals surface area contributed by atoms with Gasteiger partial charge in [0, 0.05) is 36.3 Å². The molecule has 4 aliphatic carbocycles. The number of aliphatic hydroxyl groups excluding tert-OH is 2. The van der Waals surface area contributed by atoms with E-state index in [2.05, 4.69) is 37.1 Å². The van der Waals surface area contributed by atoms with E-state index < -0.39 is 23.2 Å². The topological polar surface area (TPSA) is 103 Å². The fourth-order valence-corrected chi connectivity index (χ4v) is 8.14. The first-order valence-corrected chi connectivity index (χ1v) is 12.6. The van der Waals surface area contributed by atoms with Crippen LogP contribution >= 0.6 is 0 Å². The Hall–Kier alpha value is -1.60. The van der Waals surface area contributed by atoms with Crippen LogP contribution in [0, 0.1) is 28.6 Å². The number of carbonyl (C=O) groups is 1. The van der Waals surface area contributed by atoms with Gasteiger partial charge in [-0.15, -0.1) is 0 Å². The Morgan fingerprint density at radius 3 is 2.70 bits per heavy atom. The molecule has 1 aromatic heterocycles. The van der Waals surface area contributed by atoms with Crippen LogP contribution in [-0.2, 0) is 11.3 Å². The van der Waals surface area contributed by atoms with E-state index in [1.165, 1.54) is 0 Å². The smallest absolute Gasteiger partial charge is 0.159 e. The summed E-state index contributed by atoms with van der Waals surface area (Å²) in [4.78, 5) is 17.5. The zero-order valence-corrected chi connectivity index (χ0v) is 20.0. The molecule has 3 saturated carbocycles. The molecule has 9 unspecified atom stereocenters. The number of allylic oxidation sites excluding steroid dienone is 1. The number of aliphatic hydroxyl groups is 3. The lowest BCUT2D eigenvalue weighted by molar-refractivity contribution is -0.152. The standard InChI is InChI=1S/C27H38N2O4/c1-16(29-15-17-5-4-10-28-14-17)18-7-9-27(33)20-11-22(30)21-12-23(31)24(32)13-25(21,2)19(20)6-8-26(18,27)3/h4-5,10-11,14,16,18-19,21,23-24,29,31-33H,6-9,12-13,15H2,1-3H3. The van der Waals surface area contributed by atoms with Crippen molar-refractivity contribution in [2.45, 2.75) is 89.7 Å². The molecule has 0 spiro atoms. The molecule has 9 atom stereocenters. The highest BCUT2D eigenvalue weighted by Crippen LogP contribution is 2.67. The zero-order valence-electron chi connectivity index (χ0n) is 20.0. The van der Waals surface area contributed by atoms with E-state index >= 15 is 0 Å². The second-order valence-corrected chi connectivity index (χ2v) is 11.7. The third-order valence-electron chi connectivity index (χ3n) is 10.1. The molecule has 6 nitrogen and oxygen atoms in total. The third kappa shape index (κ3) is 3.36. The summed E-state index contributed by atoms with van der Waals surface area (Å²) >= 11 is 0. The molecule has 1 heterocycles. The minimum absolute atomic E-state index is 0.0126. The maximum atomic E-state index is 13.3. The van der Waals surface area contributed by atoms with Crippen LogP contribution in [0.1, 0.15) is 64.9 Å². The highest BCUT2D eigenvalue weighted by molar-refractivity contribution is 5.95. The van der Waals surface area contributed by atoms with Crippen LogP contribution in [0.5, 0.6) is 0 Å². The van der Waals surface area contributed by atoms with Gasteiger partial charge in [-0.3, -0.25) is 9.78 Å². The number of hydrogen-bond acceptors (Lipinski definition) is 6. The first-order valence-electron chi connectivity index (χ1n) is 12.6. The summed E-state index contributed by atoms with van der Waals surface area (Å²) in [7, 11) is 0. The average Bonchev–Trinajstić information content (AvgIpc) is 3.06. The SMILES string of the molecule is CC(NCc1cccnc1)C1CCC2(O)C3=CC(=O)C4CC(O)C(O)CC4(C)C3CCC12C. The Bertz CT molecular complexity index is 951. The summed E-state index contributed by atoms with van der Waals surface area (Å²) in [5, 5.41) is 36.6. The molecule has 1 aromatic rings. The Kier molecular flexibility index (Phi) is 5.60. The van der Waals surface area contributed by atoms with Crippen LogP contribution in [0.2, 0.25) is 0 Å². The van der Waals surface area contributed by atoms with Crippen LogP contribution < -0.4 is 5.32 Å². The molecule has 4 N–H and O–H groups in total. The molecule has 0 bridgehead atoms. The van der Waals surface area contributed by atoms with Crippen molar-refractivity contribution in [3.05, 3.63) is 41.7 Å². The van der Waals surface area contributed by atoms with Crippen LogP contribution in [0.4, 0.5) is 0 Å². The van der Waals surface area contributed by atoms with Gasteiger partial charge in [0.1, 0.15) is 0 Å². The number of carbonyl (C=O) groups excluding carboxylic acids is 1. The number of rotatable bonds is 4. The minimum atomic E-state index is -1.00. The molecule has 180 valence electrons. The molecule has 0 saturated heterocycles. The van der Waals surface area contributed by atoms with Crippen molar-refractivity contribution < 1.29 is 20.1 Å². The summed E-state index contributed by atoms with van der Waals surface area (Å²) < 4.78 is 0. The molecular formula is C27H38N2O4. The van der Waals surface area contributed by atoms with E-state index in [1.807, 2.05) is 12.3 Å². The summed E-state index contributed by atoms with van der Waals surface area (Å²) in [6.07, 6.45) is 7.82. The Balaban J connectivity index is 1.42. The van der Waals surface area contributed by atoms with Gasteiger partial charge in [-0.25, -0.2) is 0 Å². The summed E-state index contributed by atoms with van der Waals surface area (Å²) in [5.74, 6) is 0.0895. The predicted molar refractivity (Wildman–Crippen MR) is 125 cm³/mol. The van der Waals surface area contributed by atoms with Crippen molar-refractivity contribution in [1.82, 2.24) is 10.3 Å². The molecule has 0 aromatic carbocycles. The number of ketones is 1. The van der Waals surface area contributed by atoms with Gasteiger partial charge in [0.05, 0.1) is 17.8 Å². The largest absolute Gasteiger partial charge is 0.390 e. The van der Waals surface area contributed by atoms with Crippen molar-refractivity contribution in [2.24, 2.45) is 28.6 Å². The number of pyridine rings is 1. The predicted octanol–water partition coefficient (Wildman–Crippen LogP) is 2.76. The summed E-state index contributed by atoms with van der Waals surface area (Å²) in [6, 6.07) is 4.23. The molecule has 0 amide bonds. The van der Waals surface area contributed by atoms with Gasteiger partial charge in [-0.2, -0.15) is 0 Å². The van der Waals surface area contributed by atoms with Crippen molar-refractivity contribution in [3.8, 4) is 0 Å². The van der Waals surface area contributed by atoms with E-state index in [0.717, 1.165) is 36.9 Å². The molecule has 4 aliphatic rings. The molecule has 6 heteroatoms. The van der Waals surface area contributed by atoms with Gasteiger partial charge in [0.25, 0.3) is 0 Å². The monoisotopic (exact) mass is 454 g/mol. The fourth-order valence-electron chi connectivity index (χ4n) is 8.14. The quantitative estimate of drug-likeness (QED) is 0.558. The minimum Gasteiger partial charge on any atom is -0.390 e. The van der Waals surface area contributed by atoms with E-state index in [-0.39, 0.29) is 29.1 Å². The van der Waals surface area contributed by atoms with Gasteiger partial charge < -0.3 is 20.6 Å². The van der Waals surface area contributed by atoms with E-state index in [9.17, 15) is 20.1 Å². The van der Waals surface area contributed by atoms with E-state index in [4.69, 9.17) is 0 Å². The average molecular weight is 455 g/mol. The lowest BCUT2D eigenvalue weighted by atomic mass is 9.46. The molecular weight excluding hydrogens is 416 g/mol. The van der Waals surface area contributed by atoms with Crippen molar-refractivity contribution >= 4 is 5.78 Å². The van der Waals surface area contributed by atoms with E-state index in [0.29, 0.717) is 25.2 Å². The summed E-state index contributed by atoms with van der Waals surface area (Å²) in [6.45, 7) is 7.26. The fraction of sp³-hybridized carbons (Fsp3) is 0.704. The maximum Gasteiger partial charge on any atom is 0.159 e. The number of hydrogen-bond donors (Lipinski definition) is 4. The molecule has 3 fully saturated rings. The second kappa shape index (κ2) is 7.98. The molecule has 0 aliphatic heterocycles. The Morgan fingerprint density at radius 1 is 1.18 bits per heavy atom. The number of nitrogens with one attached hydrogen (secondary N) is 1. The third-order valence-corrected chi connectivity index (χ3v) is 10.1. The first kappa shape index (κ1) is 23.2. The number of fused-ring (bicyclic) bond motifs is 5. The van der Waals surface area contributed by atoms with Gasteiger partial charge in [0.2, 0.25) is 0 Å². The van der Waals surface area contributed by atoms with Crippen molar-refractivity contribution in [1.29, 1.82) is 0 Å². The maximum absolute atomic E-state index is 13.3. The van der Waals surface area contributed by atoms with Gasteiger partial charge in [-0.1, -0.05) is 19.9 Å². The highest BCUT2D eigenvalue weighted by Gasteiger charge is 2.66. The second-order valence-electron chi connectivity index (χ2n) is 11.7. The van der Waals surface area contributed by atoms with Crippen LogP contribution in [0.3, 0.4) is 0 Å². The first-order chi connectivity index (χ1) is 15.6.